The Bertz CT molecular complexity index is 1640. The van der Waals surface area contributed by atoms with Gasteiger partial charge in [-0.25, -0.2) is 4.98 Å². The summed E-state index contributed by atoms with van der Waals surface area (Å²) < 4.78 is 5.87. The molecule has 0 fully saturated rings. The van der Waals surface area contributed by atoms with Gasteiger partial charge in [0.2, 0.25) is 0 Å². The monoisotopic (exact) mass is 426 g/mol. The average molecular weight is 427 g/mol. The smallest absolute Gasteiger partial charge is 0.158 e. The van der Waals surface area contributed by atoms with Gasteiger partial charge in [-0.3, -0.25) is 0 Å². The first-order valence-corrected chi connectivity index (χ1v) is 10.3. The SMILES string of the molecule is Cn1cc(-c2cc(N)n3nc(-c4cn(C)c5ccc(Cl)cc45)cc3n2)c2ccccc21. The van der Waals surface area contributed by atoms with Crippen LogP contribution in [0.25, 0.3) is 50.0 Å². The van der Waals surface area contributed by atoms with Gasteiger partial charge in [0.1, 0.15) is 5.82 Å². The third kappa shape index (κ3) is 2.65. The standard InChI is InChI=1S/C24H19ClN6/c1-29-12-17(15-5-3-4-6-21(15)29)19-10-23(26)31-24(27-19)11-20(28-31)18-13-30(2)22-8-7-14(25)9-16(18)22/h3-13H,26H2,1-2H3. The summed E-state index contributed by atoms with van der Waals surface area (Å²) in [5, 5.41) is 7.63. The van der Waals surface area contributed by atoms with Crippen molar-refractivity contribution in [3.63, 3.8) is 0 Å². The highest BCUT2D eigenvalue weighted by Gasteiger charge is 2.16. The summed E-state index contributed by atoms with van der Waals surface area (Å²) >= 11 is 6.26. The van der Waals surface area contributed by atoms with E-state index in [1.807, 2.05) is 56.6 Å². The topological polar surface area (TPSA) is 66.1 Å². The summed E-state index contributed by atoms with van der Waals surface area (Å²) in [5.74, 6) is 0.539. The van der Waals surface area contributed by atoms with Crippen molar-refractivity contribution >= 4 is 44.9 Å². The molecule has 4 aromatic heterocycles. The number of hydrogen-bond acceptors (Lipinski definition) is 3. The van der Waals surface area contributed by atoms with Crippen LogP contribution >= 0.6 is 11.6 Å². The van der Waals surface area contributed by atoms with Crippen LogP contribution in [0.3, 0.4) is 0 Å². The quantitative estimate of drug-likeness (QED) is 0.409. The summed E-state index contributed by atoms with van der Waals surface area (Å²) in [6, 6.07) is 18.0. The maximum absolute atomic E-state index is 6.41. The van der Waals surface area contributed by atoms with E-state index in [4.69, 9.17) is 27.4 Å². The van der Waals surface area contributed by atoms with Gasteiger partial charge in [-0.1, -0.05) is 29.8 Å². The Hall–Kier alpha value is -3.77. The van der Waals surface area contributed by atoms with Gasteiger partial charge in [-0.15, -0.1) is 0 Å². The first-order valence-electron chi connectivity index (χ1n) is 9.95. The van der Waals surface area contributed by atoms with E-state index in [1.54, 1.807) is 4.52 Å². The van der Waals surface area contributed by atoms with Crippen LogP contribution < -0.4 is 5.73 Å². The van der Waals surface area contributed by atoms with Gasteiger partial charge in [0.05, 0.1) is 11.4 Å². The highest BCUT2D eigenvalue weighted by molar-refractivity contribution is 6.31. The minimum Gasteiger partial charge on any atom is -0.384 e. The first-order chi connectivity index (χ1) is 15.0. The van der Waals surface area contributed by atoms with Crippen LogP contribution in [0.2, 0.25) is 5.02 Å². The summed E-state index contributed by atoms with van der Waals surface area (Å²) in [4.78, 5) is 4.89. The van der Waals surface area contributed by atoms with E-state index in [0.29, 0.717) is 16.5 Å². The third-order valence-electron chi connectivity index (χ3n) is 5.86. The van der Waals surface area contributed by atoms with Crippen LogP contribution in [0.1, 0.15) is 0 Å². The molecule has 7 heteroatoms. The molecular weight excluding hydrogens is 408 g/mol. The number of nitrogens with two attached hydrogens (primary N) is 1. The zero-order valence-corrected chi connectivity index (χ0v) is 17.8. The van der Waals surface area contributed by atoms with Crippen molar-refractivity contribution in [3.05, 3.63) is 72.0 Å². The molecule has 0 bridgehead atoms. The van der Waals surface area contributed by atoms with Crippen molar-refractivity contribution in [2.45, 2.75) is 0 Å². The van der Waals surface area contributed by atoms with Gasteiger partial charge in [-0.2, -0.15) is 9.61 Å². The highest BCUT2D eigenvalue weighted by Crippen LogP contribution is 2.34. The molecule has 0 saturated carbocycles. The fourth-order valence-corrected chi connectivity index (χ4v) is 4.55. The molecule has 0 spiro atoms. The predicted molar refractivity (Wildman–Crippen MR) is 126 cm³/mol. The van der Waals surface area contributed by atoms with E-state index < -0.39 is 0 Å². The third-order valence-corrected chi connectivity index (χ3v) is 6.09. The normalized spacial score (nSPS) is 11.8. The van der Waals surface area contributed by atoms with E-state index in [0.717, 1.165) is 44.3 Å². The number of anilines is 1. The number of aromatic nitrogens is 5. The average Bonchev–Trinajstić information content (AvgIpc) is 3.42. The molecule has 0 aliphatic carbocycles. The molecule has 0 radical (unpaired) electrons. The lowest BCUT2D eigenvalue weighted by molar-refractivity contribution is 0.950. The fraction of sp³-hybridized carbons (Fsp3) is 0.0833. The minimum atomic E-state index is 0.539. The van der Waals surface area contributed by atoms with Gasteiger partial charge >= 0.3 is 0 Å². The highest BCUT2D eigenvalue weighted by atomic mass is 35.5. The number of aryl methyl sites for hydroxylation is 2. The van der Waals surface area contributed by atoms with Crippen molar-refractivity contribution in [1.29, 1.82) is 0 Å². The Morgan fingerprint density at radius 1 is 0.806 bits per heavy atom. The molecule has 6 rings (SSSR count). The molecule has 31 heavy (non-hydrogen) atoms. The van der Waals surface area contributed by atoms with Crippen LogP contribution in [0.5, 0.6) is 0 Å². The molecule has 2 N–H and O–H groups in total. The van der Waals surface area contributed by atoms with Crippen molar-refractivity contribution < 1.29 is 0 Å². The summed E-state index contributed by atoms with van der Waals surface area (Å²) in [6.45, 7) is 0. The number of benzene rings is 2. The lowest BCUT2D eigenvalue weighted by Crippen LogP contribution is -2.01. The Kier molecular flexibility index (Phi) is 3.70. The zero-order valence-electron chi connectivity index (χ0n) is 17.0. The van der Waals surface area contributed by atoms with Crippen molar-refractivity contribution in [2.24, 2.45) is 14.1 Å². The molecule has 0 atom stereocenters. The van der Waals surface area contributed by atoms with Crippen LogP contribution in [-0.4, -0.2) is 23.7 Å². The lowest BCUT2D eigenvalue weighted by atomic mass is 10.1. The largest absolute Gasteiger partial charge is 0.384 e. The van der Waals surface area contributed by atoms with E-state index in [2.05, 4.69) is 33.7 Å². The Morgan fingerprint density at radius 2 is 1.52 bits per heavy atom. The van der Waals surface area contributed by atoms with Crippen LogP contribution in [0, 0.1) is 0 Å². The molecule has 6 aromatic rings. The van der Waals surface area contributed by atoms with Gasteiger partial charge in [-0.05, 0) is 24.3 Å². The van der Waals surface area contributed by atoms with E-state index in [1.165, 1.54) is 0 Å². The van der Waals surface area contributed by atoms with E-state index in [-0.39, 0.29) is 0 Å². The second-order valence-electron chi connectivity index (χ2n) is 7.85. The second-order valence-corrected chi connectivity index (χ2v) is 8.29. The van der Waals surface area contributed by atoms with Gasteiger partial charge in [0.15, 0.2) is 5.65 Å². The fourth-order valence-electron chi connectivity index (χ4n) is 4.38. The number of para-hydroxylation sites is 1. The lowest BCUT2D eigenvalue weighted by Gasteiger charge is -2.03. The summed E-state index contributed by atoms with van der Waals surface area (Å²) in [5.41, 5.74) is 13.0. The molecule has 2 aromatic carbocycles. The van der Waals surface area contributed by atoms with Gasteiger partial charge in [0, 0.05) is 76.6 Å². The summed E-state index contributed by atoms with van der Waals surface area (Å²) in [7, 11) is 4.05. The molecule has 0 aliphatic heterocycles. The molecule has 152 valence electrons. The molecule has 6 nitrogen and oxygen atoms in total. The second kappa shape index (κ2) is 6.36. The Morgan fingerprint density at radius 3 is 2.32 bits per heavy atom. The van der Waals surface area contributed by atoms with Gasteiger partial charge in [0.25, 0.3) is 0 Å². The molecular formula is C24H19ClN6. The van der Waals surface area contributed by atoms with Gasteiger partial charge < -0.3 is 14.9 Å². The minimum absolute atomic E-state index is 0.539. The van der Waals surface area contributed by atoms with Crippen LogP contribution in [-0.2, 0) is 14.1 Å². The van der Waals surface area contributed by atoms with Crippen LogP contribution in [0.15, 0.2) is 67.0 Å². The Labute approximate surface area is 183 Å². The maximum Gasteiger partial charge on any atom is 0.158 e. The molecule has 4 heterocycles. The number of halogens is 1. The van der Waals surface area contributed by atoms with E-state index in [9.17, 15) is 0 Å². The van der Waals surface area contributed by atoms with Crippen LogP contribution in [0.4, 0.5) is 5.82 Å². The van der Waals surface area contributed by atoms with Crippen molar-refractivity contribution in [2.75, 3.05) is 5.73 Å². The summed E-state index contributed by atoms with van der Waals surface area (Å²) in [6.07, 6.45) is 4.15. The van der Waals surface area contributed by atoms with Crippen molar-refractivity contribution in [3.8, 4) is 22.5 Å². The van der Waals surface area contributed by atoms with E-state index >= 15 is 0 Å². The molecule has 0 saturated heterocycles. The number of nitrogens with zero attached hydrogens (tertiary/aromatic N) is 5. The number of rotatable bonds is 2. The number of fused-ring (bicyclic) bond motifs is 3. The molecule has 0 amide bonds. The number of hydrogen-bond donors (Lipinski definition) is 1. The van der Waals surface area contributed by atoms with Crippen molar-refractivity contribution in [1.82, 2.24) is 23.7 Å². The predicted octanol–water partition coefficient (Wildman–Crippen LogP) is 5.28. The maximum atomic E-state index is 6.41. The number of nitrogen functional groups attached to an aromatic ring is 1. The Balaban J connectivity index is 1.56. The molecule has 0 unspecified atom stereocenters. The first kappa shape index (κ1) is 18.0. The zero-order chi connectivity index (χ0) is 21.3. The molecule has 0 aliphatic rings.